The minimum absolute atomic E-state index is 0.111. The van der Waals surface area contributed by atoms with E-state index in [-0.39, 0.29) is 17.9 Å². The second-order valence-electron chi connectivity index (χ2n) is 7.98. The van der Waals surface area contributed by atoms with Crippen LogP contribution in [-0.4, -0.2) is 33.8 Å². The van der Waals surface area contributed by atoms with Crippen molar-refractivity contribution >= 4 is 22.1 Å². The number of nitrogens with one attached hydrogen (secondary N) is 2. The molecule has 37 heavy (non-hydrogen) atoms. The average Bonchev–Trinajstić information content (AvgIpc) is 2.89. The molecule has 0 aliphatic heterocycles. The summed E-state index contributed by atoms with van der Waals surface area (Å²) >= 11 is 0. The van der Waals surface area contributed by atoms with E-state index in [1.807, 2.05) is 26.0 Å². The number of hydrazone groups is 1. The van der Waals surface area contributed by atoms with Crippen molar-refractivity contribution in [3.8, 4) is 17.6 Å². The van der Waals surface area contributed by atoms with Crippen molar-refractivity contribution in [3.05, 3.63) is 89.5 Å². The lowest BCUT2D eigenvalue weighted by atomic mass is 10.0. The summed E-state index contributed by atoms with van der Waals surface area (Å²) in [4.78, 5) is 12.8. The van der Waals surface area contributed by atoms with Gasteiger partial charge < -0.3 is 9.47 Å². The molecule has 9 nitrogen and oxygen atoms in total. The number of amides is 1. The fourth-order valence-electron chi connectivity index (χ4n) is 3.40. The largest absolute Gasteiger partial charge is 0.490 e. The average molecular weight is 521 g/mol. The van der Waals surface area contributed by atoms with E-state index in [9.17, 15) is 13.2 Å². The van der Waals surface area contributed by atoms with Gasteiger partial charge >= 0.3 is 0 Å². The molecule has 3 aromatic carbocycles. The molecule has 2 N–H and O–H groups in total. The number of aryl methyl sites for hydroxylation is 1. The highest BCUT2D eigenvalue weighted by Crippen LogP contribution is 2.28. The minimum Gasteiger partial charge on any atom is -0.490 e. The number of carbonyl (C=O) groups excluding carboxylic acids is 1. The Morgan fingerprint density at radius 2 is 1.78 bits per heavy atom. The summed E-state index contributed by atoms with van der Waals surface area (Å²) < 4.78 is 39.5. The van der Waals surface area contributed by atoms with Crippen LogP contribution in [0.2, 0.25) is 0 Å². The maximum atomic E-state index is 13.0. The number of nitrogens with zero attached hydrogens (tertiary/aromatic N) is 2. The molecule has 0 fully saturated rings. The van der Waals surface area contributed by atoms with E-state index in [2.05, 4.69) is 15.2 Å². The van der Waals surface area contributed by atoms with Crippen LogP contribution in [-0.2, 0) is 14.8 Å². The lowest BCUT2D eigenvalue weighted by molar-refractivity contribution is -0.121. The van der Waals surface area contributed by atoms with E-state index in [0.717, 1.165) is 5.56 Å². The van der Waals surface area contributed by atoms with Crippen molar-refractivity contribution < 1.29 is 22.7 Å². The monoisotopic (exact) mass is 520 g/mol. The second-order valence-corrected chi connectivity index (χ2v) is 9.69. The number of hydrogen-bond donors (Lipinski definition) is 2. The second kappa shape index (κ2) is 13.2. The summed E-state index contributed by atoms with van der Waals surface area (Å²) in [7, 11) is -3.87. The van der Waals surface area contributed by atoms with Crippen molar-refractivity contribution in [2.24, 2.45) is 5.10 Å². The number of benzene rings is 3. The van der Waals surface area contributed by atoms with Crippen LogP contribution in [0.4, 0.5) is 0 Å². The lowest BCUT2D eigenvalue weighted by Gasteiger charge is -2.18. The summed E-state index contributed by atoms with van der Waals surface area (Å²) in [6, 6.07) is 21.5. The Kier molecular flexibility index (Phi) is 9.77. The highest BCUT2D eigenvalue weighted by molar-refractivity contribution is 7.89. The smallest absolute Gasteiger partial charge is 0.242 e. The molecule has 0 aromatic heterocycles. The molecule has 0 aliphatic rings. The number of rotatable bonds is 12. The van der Waals surface area contributed by atoms with Crippen LogP contribution < -0.4 is 19.6 Å². The first-order chi connectivity index (χ1) is 17.8. The maximum Gasteiger partial charge on any atom is 0.242 e. The Hall–Kier alpha value is -4.20. The number of nitriles is 1. The molecule has 1 amide bonds. The molecule has 0 spiro atoms. The standard InChI is InChI=1S/C27H28N4O5S/c1-3-35-26-17-21(11-14-25(26)36-16-15-28)19-29-30-27(32)18-24(22-7-5-4-6-8-22)31-37(33,34)23-12-9-20(2)10-13-23/h4-14,17,19,24,31H,3,16,18H2,1-2H3,(H,30,32)/b29-19-/t24-/m0/s1. The van der Waals surface area contributed by atoms with Crippen LogP contribution in [0.5, 0.6) is 11.5 Å². The fraction of sp³-hybridized carbons (Fsp3) is 0.222. The van der Waals surface area contributed by atoms with Crippen molar-refractivity contribution in [3.63, 3.8) is 0 Å². The van der Waals surface area contributed by atoms with E-state index < -0.39 is 22.0 Å². The Balaban J connectivity index is 1.71. The molecule has 0 radical (unpaired) electrons. The molecule has 0 saturated heterocycles. The Morgan fingerprint density at radius 3 is 2.46 bits per heavy atom. The summed E-state index contributed by atoms with van der Waals surface area (Å²) in [6.07, 6.45) is 1.26. The van der Waals surface area contributed by atoms with Crippen molar-refractivity contribution in [1.29, 1.82) is 5.26 Å². The molecule has 1 atom stereocenters. The zero-order valence-corrected chi connectivity index (χ0v) is 21.4. The molecule has 0 heterocycles. The predicted molar refractivity (Wildman–Crippen MR) is 140 cm³/mol. The van der Waals surface area contributed by atoms with Gasteiger partial charge in [0.05, 0.1) is 23.8 Å². The third-order valence-corrected chi connectivity index (χ3v) is 6.67. The van der Waals surface area contributed by atoms with Crippen LogP contribution >= 0.6 is 0 Å². The molecule has 192 valence electrons. The number of ether oxygens (including phenoxy) is 2. The molecule has 3 aromatic rings. The molecule has 0 saturated carbocycles. The fourth-order valence-corrected chi connectivity index (χ4v) is 4.62. The van der Waals surface area contributed by atoms with Gasteiger partial charge in [0.1, 0.15) is 6.07 Å². The van der Waals surface area contributed by atoms with Gasteiger partial charge in [-0.1, -0.05) is 48.0 Å². The van der Waals surface area contributed by atoms with E-state index in [4.69, 9.17) is 14.7 Å². The first-order valence-electron chi connectivity index (χ1n) is 11.5. The third kappa shape index (κ3) is 8.17. The topological polar surface area (TPSA) is 130 Å². The number of hydrogen-bond acceptors (Lipinski definition) is 7. The first kappa shape index (κ1) is 27.4. The number of carbonyl (C=O) groups is 1. The number of sulfonamides is 1. The van der Waals surface area contributed by atoms with Gasteiger partial charge in [-0.3, -0.25) is 4.79 Å². The summed E-state index contributed by atoms with van der Waals surface area (Å²) in [6.45, 7) is 3.99. The summed E-state index contributed by atoms with van der Waals surface area (Å²) in [5.41, 5.74) is 4.66. The van der Waals surface area contributed by atoms with Crippen molar-refractivity contribution in [2.45, 2.75) is 31.2 Å². The van der Waals surface area contributed by atoms with Crippen LogP contribution in [0, 0.1) is 18.3 Å². The van der Waals surface area contributed by atoms with Crippen LogP contribution in [0.25, 0.3) is 0 Å². The van der Waals surface area contributed by atoms with Crippen LogP contribution in [0.15, 0.2) is 82.8 Å². The maximum absolute atomic E-state index is 13.0. The summed E-state index contributed by atoms with van der Waals surface area (Å²) in [5.74, 6) is 0.398. The normalized spacial score (nSPS) is 12.0. The molecule has 3 rings (SSSR count). The third-order valence-electron chi connectivity index (χ3n) is 5.18. The highest BCUT2D eigenvalue weighted by atomic mass is 32.2. The molecular weight excluding hydrogens is 492 g/mol. The zero-order valence-electron chi connectivity index (χ0n) is 20.5. The van der Waals surface area contributed by atoms with Crippen molar-refractivity contribution in [1.82, 2.24) is 10.1 Å². The molecule has 0 bridgehead atoms. The minimum atomic E-state index is -3.87. The van der Waals surface area contributed by atoms with Gasteiger partial charge in [0.25, 0.3) is 0 Å². The van der Waals surface area contributed by atoms with Crippen molar-refractivity contribution in [2.75, 3.05) is 13.2 Å². The molecule has 0 unspecified atom stereocenters. The van der Waals surface area contributed by atoms with Crippen LogP contribution in [0.1, 0.15) is 36.1 Å². The zero-order chi connectivity index (χ0) is 26.7. The Labute approximate surface area is 216 Å². The van der Waals surface area contributed by atoms with Crippen LogP contribution in [0.3, 0.4) is 0 Å². The molecule has 10 heteroatoms. The van der Waals surface area contributed by atoms with E-state index >= 15 is 0 Å². The SMILES string of the molecule is CCOc1cc(/C=N\NC(=O)C[C@H](NS(=O)(=O)c2ccc(C)cc2)c2ccccc2)ccc1OCC#N. The first-order valence-corrected chi connectivity index (χ1v) is 13.0. The van der Waals surface area contributed by atoms with Gasteiger partial charge in [0.15, 0.2) is 18.1 Å². The van der Waals surface area contributed by atoms with Gasteiger partial charge in [0.2, 0.25) is 15.9 Å². The van der Waals surface area contributed by atoms with E-state index in [1.165, 1.54) is 18.3 Å². The molecular formula is C27H28N4O5S. The van der Waals surface area contributed by atoms with E-state index in [0.29, 0.717) is 29.2 Å². The quantitative estimate of drug-likeness (QED) is 0.276. The van der Waals surface area contributed by atoms with Gasteiger partial charge in [-0.05, 0) is 55.3 Å². The highest BCUT2D eigenvalue weighted by Gasteiger charge is 2.23. The van der Waals surface area contributed by atoms with Gasteiger partial charge in [0, 0.05) is 6.42 Å². The van der Waals surface area contributed by atoms with Gasteiger partial charge in [-0.2, -0.15) is 10.4 Å². The molecule has 0 aliphatic carbocycles. The predicted octanol–water partition coefficient (Wildman–Crippen LogP) is 3.86. The Bertz CT molecular complexity index is 1370. The van der Waals surface area contributed by atoms with Gasteiger partial charge in [-0.15, -0.1) is 0 Å². The van der Waals surface area contributed by atoms with E-state index in [1.54, 1.807) is 54.6 Å². The Morgan fingerprint density at radius 1 is 1.05 bits per heavy atom. The summed E-state index contributed by atoms with van der Waals surface area (Å²) in [5, 5.41) is 12.7. The lowest BCUT2D eigenvalue weighted by Crippen LogP contribution is -2.32. The van der Waals surface area contributed by atoms with Gasteiger partial charge in [-0.25, -0.2) is 18.6 Å².